The summed E-state index contributed by atoms with van der Waals surface area (Å²) in [6.07, 6.45) is 3.25. The van der Waals surface area contributed by atoms with E-state index in [4.69, 9.17) is 10.5 Å². The molecular weight excluding hydrogens is 192 g/mol. The van der Waals surface area contributed by atoms with E-state index >= 15 is 0 Å². The second kappa shape index (κ2) is 6.08. The molecule has 0 radical (unpaired) electrons. The fraction of sp³-hybridized carbons (Fsp3) is 0.909. The lowest BCUT2D eigenvalue weighted by atomic mass is 9.99. The highest BCUT2D eigenvalue weighted by atomic mass is 16.5. The minimum absolute atomic E-state index is 0.0557. The van der Waals surface area contributed by atoms with Gasteiger partial charge in [0.15, 0.2) is 0 Å². The van der Waals surface area contributed by atoms with Gasteiger partial charge in [-0.2, -0.15) is 0 Å². The van der Waals surface area contributed by atoms with Crippen LogP contribution in [-0.4, -0.2) is 31.2 Å². The number of ether oxygens (including phenoxy) is 1. The summed E-state index contributed by atoms with van der Waals surface area (Å²) in [4.78, 5) is 11.6. The quantitative estimate of drug-likeness (QED) is 0.706. The van der Waals surface area contributed by atoms with Crippen molar-refractivity contribution in [2.45, 2.75) is 45.3 Å². The third-order valence-corrected chi connectivity index (χ3v) is 3.09. The maximum absolute atomic E-state index is 11.6. The molecule has 1 amide bonds. The lowest BCUT2D eigenvalue weighted by Gasteiger charge is -2.19. The molecule has 4 nitrogen and oxygen atoms in total. The van der Waals surface area contributed by atoms with Crippen LogP contribution in [0.3, 0.4) is 0 Å². The summed E-state index contributed by atoms with van der Waals surface area (Å²) in [5, 5.41) is 2.85. The molecule has 0 bridgehead atoms. The molecule has 0 aromatic carbocycles. The number of hydrogen-bond donors (Lipinski definition) is 2. The number of carbonyl (C=O) groups excluding carboxylic acids is 1. The van der Waals surface area contributed by atoms with Gasteiger partial charge in [0, 0.05) is 13.2 Å². The molecule has 1 fully saturated rings. The average molecular weight is 214 g/mol. The van der Waals surface area contributed by atoms with Crippen molar-refractivity contribution in [2.24, 2.45) is 11.7 Å². The third-order valence-electron chi connectivity index (χ3n) is 3.09. The first-order chi connectivity index (χ1) is 7.15. The Labute approximate surface area is 91.5 Å². The zero-order valence-corrected chi connectivity index (χ0v) is 9.66. The van der Waals surface area contributed by atoms with Crippen molar-refractivity contribution in [3.63, 3.8) is 0 Å². The molecule has 3 atom stereocenters. The second-order valence-electron chi connectivity index (χ2n) is 4.29. The zero-order chi connectivity index (χ0) is 11.3. The molecule has 3 unspecified atom stereocenters. The van der Waals surface area contributed by atoms with Crippen LogP contribution in [0, 0.1) is 5.92 Å². The Bertz CT molecular complexity index is 203. The predicted molar refractivity (Wildman–Crippen MR) is 59.4 cm³/mol. The molecule has 88 valence electrons. The summed E-state index contributed by atoms with van der Waals surface area (Å²) in [5.74, 6) is 0.175. The third kappa shape index (κ3) is 3.80. The Kier molecular flexibility index (Phi) is 5.05. The first kappa shape index (κ1) is 12.5. The number of hydrogen-bond acceptors (Lipinski definition) is 3. The van der Waals surface area contributed by atoms with Gasteiger partial charge < -0.3 is 15.8 Å². The molecule has 0 aliphatic carbocycles. The van der Waals surface area contributed by atoms with Crippen LogP contribution in [-0.2, 0) is 9.53 Å². The molecule has 0 saturated carbocycles. The van der Waals surface area contributed by atoms with E-state index in [0.29, 0.717) is 6.54 Å². The van der Waals surface area contributed by atoms with Gasteiger partial charge in [-0.15, -0.1) is 0 Å². The molecule has 1 saturated heterocycles. The summed E-state index contributed by atoms with van der Waals surface area (Å²) in [7, 11) is 0. The van der Waals surface area contributed by atoms with E-state index in [-0.39, 0.29) is 17.9 Å². The van der Waals surface area contributed by atoms with Gasteiger partial charge in [-0.3, -0.25) is 4.79 Å². The molecule has 0 spiro atoms. The summed E-state index contributed by atoms with van der Waals surface area (Å²) in [5.41, 5.74) is 5.80. The standard InChI is InChI=1S/C11H22N2O2/c1-3-8(2)10(12)11(14)13-7-9-5-4-6-15-9/h8-10H,3-7,12H2,1-2H3,(H,13,14). The maximum atomic E-state index is 11.6. The first-order valence-electron chi connectivity index (χ1n) is 5.80. The van der Waals surface area contributed by atoms with E-state index in [1.165, 1.54) is 0 Å². The van der Waals surface area contributed by atoms with Crippen LogP contribution < -0.4 is 11.1 Å². The van der Waals surface area contributed by atoms with Crippen LogP contribution >= 0.6 is 0 Å². The monoisotopic (exact) mass is 214 g/mol. The van der Waals surface area contributed by atoms with E-state index in [9.17, 15) is 4.79 Å². The summed E-state index contributed by atoms with van der Waals surface area (Å²) >= 11 is 0. The predicted octanol–water partition coefficient (Wildman–Crippen LogP) is 0.655. The molecule has 15 heavy (non-hydrogen) atoms. The fourth-order valence-corrected chi connectivity index (χ4v) is 1.65. The van der Waals surface area contributed by atoms with Crippen molar-refractivity contribution in [1.29, 1.82) is 0 Å². The summed E-state index contributed by atoms with van der Waals surface area (Å²) in [6, 6.07) is -0.392. The van der Waals surface area contributed by atoms with E-state index in [2.05, 4.69) is 5.32 Å². The molecule has 4 heteroatoms. The van der Waals surface area contributed by atoms with Gasteiger partial charge in [-0.25, -0.2) is 0 Å². The van der Waals surface area contributed by atoms with Crippen LogP contribution in [0.2, 0.25) is 0 Å². The number of rotatable bonds is 5. The summed E-state index contributed by atoms with van der Waals surface area (Å²) < 4.78 is 5.41. The van der Waals surface area contributed by atoms with Gasteiger partial charge in [0.2, 0.25) is 5.91 Å². The van der Waals surface area contributed by atoms with Crippen LogP contribution in [0.25, 0.3) is 0 Å². The lowest BCUT2D eigenvalue weighted by Crippen LogP contribution is -2.46. The van der Waals surface area contributed by atoms with Gasteiger partial charge in [-0.05, 0) is 18.8 Å². The number of amides is 1. The van der Waals surface area contributed by atoms with Gasteiger partial charge in [0.25, 0.3) is 0 Å². The SMILES string of the molecule is CCC(C)C(N)C(=O)NCC1CCCO1. The van der Waals surface area contributed by atoms with Crippen LogP contribution in [0.5, 0.6) is 0 Å². The highest BCUT2D eigenvalue weighted by molar-refractivity contribution is 5.81. The van der Waals surface area contributed by atoms with E-state index in [1.807, 2.05) is 13.8 Å². The van der Waals surface area contributed by atoms with E-state index < -0.39 is 6.04 Å². The largest absolute Gasteiger partial charge is 0.376 e. The van der Waals surface area contributed by atoms with Crippen molar-refractivity contribution in [3.05, 3.63) is 0 Å². The molecule has 1 heterocycles. The average Bonchev–Trinajstić information content (AvgIpc) is 2.76. The molecule has 1 aliphatic rings. The van der Waals surface area contributed by atoms with Crippen molar-refractivity contribution >= 4 is 5.91 Å². The first-order valence-corrected chi connectivity index (χ1v) is 5.80. The second-order valence-corrected chi connectivity index (χ2v) is 4.29. The Balaban J connectivity index is 2.22. The van der Waals surface area contributed by atoms with Gasteiger partial charge >= 0.3 is 0 Å². The highest BCUT2D eigenvalue weighted by Crippen LogP contribution is 2.11. The molecule has 3 N–H and O–H groups in total. The Morgan fingerprint density at radius 1 is 1.67 bits per heavy atom. The molecule has 0 aromatic heterocycles. The Hall–Kier alpha value is -0.610. The van der Waals surface area contributed by atoms with Crippen molar-refractivity contribution in [3.8, 4) is 0 Å². The fourth-order valence-electron chi connectivity index (χ4n) is 1.65. The maximum Gasteiger partial charge on any atom is 0.237 e. The van der Waals surface area contributed by atoms with Crippen molar-refractivity contribution in [2.75, 3.05) is 13.2 Å². The lowest BCUT2D eigenvalue weighted by molar-refractivity contribution is -0.123. The number of nitrogens with two attached hydrogens (primary N) is 1. The van der Waals surface area contributed by atoms with Crippen molar-refractivity contribution in [1.82, 2.24) is 5.32 Å². The van der Waals surface area contributed by atoms with Crippen LogP contribution in [0.4, 0.5) is 0 Å². The molecular formula is C11H22N2O2. The van der Waals surface area contributed by atoms with E-state index in [0.717, 1.165) is 25.9 Å². The van der Waals surface area contributed by atoms with Gasteiger partial charge in [0.1, 0.15) is 0 Å². The van der Waals surface area contributed by atoms with Crippen LogP contribution in [0.1, 0.15) is 33.1 Å². The zero-order valence-electron chi connectivity index (χ0n) is 9.66. The molecule has 1 rings (SSSR count). The number of carbonyl (C=O) groups is 1. The molecule has 1 aliphatic heterocycles. The minimum Gasteiger partial charge on any atom is -0.376 e. The minimum atomic E-state index is -0.392. The van der Waals surface area contributed by atoms with Crippen LogP contribution in [0.15, 0.2) is 0 Å². The molecule has 0 aromatic rings. The van der Waals surface area contributed by atoms with Gasteiger partial charge in [0.05, 0.1) is 12.1 Å². The normalized spacial score (nSPS) is 24.9. The number of nitrogens with one attached hydrogen (secondary N) is 1. The highest BCUT2D eigenvalue weighted by Gasteiger charge is 2.21. The van der Waals surface area contributed by atoms with Gasteiger partial charge in [-0.1, -0.05) is 20.3 Å². The van der Waals surface area contributed by atoms with E-state index in [1.54, 1.807) is 0 Å². The smallest absolute Gasteiger partial charge is 0.237 e. The van der Waals surface area contributed by atoms with Crippen molar-refractivity contribution < 1.29 is 9.53 Å². The topological polar surface area (TPSA) is 64.4 Å². The Morgan fingerprint density at radius 3 is 2.93 bits per heavy atom. The Morgan fingerprint density at radius 2 is 2.40 bits per heavy atom. The summed E-state index contributed by atoms with van der Waals surface area (Å²) in [6.45, 7) is 5.45.